The molecule has 1 saturated heterocycles. The highest BCUT2D eigenvalue weighted by molar-refractivity contribution is 5.94. The lowest BCUT2D eigenvalue weighted by Crippen LogP contribution is -2.55. The number of carbonyl (C=O) groups is 1. The summed E-state index contributed by atoms with van der Waals surface area (Å²) in [6.45, 7) is 1.000. The van der Waals surface area contributed by atoms with Gasteiger partial charge in [0.2, 0.25) is 0 Å². The van der Waals surface area contributed by atoms with Crippen LogP contribution in [0.2, 0.25) is 0 Å². The van der Waals surface area contributed by atoms with Gasteiger partial charge in [0.25, 0.3) is 0 Å². The molecular weight excluding hydrogens is 352 g/mol. The van der Waals surface area contributed by atoms with Gasteiger partial charge in [-0.25, -0.2) is 0 Å². The lowest BCUT2D eigenvalue weighted by molar-refractivity contribution is -0.231. The number of ketones is 1. The zero-order chi connectivity index (χ0) is 19.6. The summed E-state index contributed by atoms with van der Waals surface area (Å²) in [6.07, 6.45) is -6.10. The molecule has 2 aromatic rings. The smallest absolute Gasteiger partial charge is 0.159 e. The predicted octanol–water partition coefficient (Wildman–Crippen LogP) is 1.20. The topological polar surface area (TPSA) is 116 Å². The van der Waals surface area contributed by atoms with Gasteiger partial charge in [-0.15, -0.1) is 0 Å². The molecule has 27 heavy (non-hydrogen) atoms. The number of hydrogen-bond acceptors (Lipinski definition) is 7. The van der Waals surface area contributed by atoms with E-state index < -0.39 is 37.1 Å². The van der Waals surface area contributed by atoms with Crippen LogP contribution in [0.5, 0.6) is 11.5 Å². The minimum Gasteiger partial charge on any atom is -0.457 e. The van der Waals surface area contributed by atoms with Crippen LogP contribution in [-0.2, 0) is 4.74 Å². The molecule has 0 spiro atoms. The van der Waals surface area contributed by atoms with Crippen LogP contribution >= 0.6 is 0 Å². The van der Waals surface area contributed by atoms with Crippen LogP contribution in [-0.4, -0.2) is 57.2 Å². The average Bonchev–Trinajstić information content (AvgIpc) is 2.67. The Morgan fingerprint density at radius 1 is 1.00 bits per heavy atom. The van der Waals surface area contributed by atoms with Gasteiger partial charge >= 0.3 is 0 Å². The van der Waals surface area contributed by atoms with E-state index >= 15 is 0 Å². The first-order valence-electron chi connectivity index (χ1n) is 8.60. The molecule has 5 atom stereocenters. The van der Waals surface area contributed by atoms with Crippen LogP contribution in [0.1, 0.15) is 28.9 Å². The van der Waals surface area contributed by atoms with E-state index in [1.54, 1.807) is 48.5 Å². The first-order chi connectivity index (χ1) is 12.9. The van der Waals surface area contributed by atoms with Crippen LogP contribution < -0.4 is 4.74 Å². The largest absolute Gasteiger partial charge is 0.457 e. The van der Waals surface area contributed by atoms with E-state index in [1.165, 1.54) is 6.92 Å². The second kappa shape index (κ2) is 8.16. The standard InChI is InChI=1S/C20H22O7/c1-11(22)12-5-7-14(8-6-12)26-15-4-2-3-13(9-15)20-19(25)18(24)17(23)16(10-21)27-20/h2-9,16-21,23-25H,10H2,1H3/t16-,17-,18+,19+,20-/m1/s1. The molecule has 1 aliphatic rings. The van der Waals surface area contributed by atoms with E-state index in [0.29, 0.717) is 22.6 Å². The summed E-state index contributed by atoms with van der Waals surface area (Å²) >= 11 is 0. The van der Waals surface area contributed by atoms with E-state index in [4.69, 9.17) is 9.47 Å². The van der Waals surface area contributed by atoms with Gasteiger partial charge in [0.05, 0.1) is 6.61 Å². The fourth-order valence-corrected chi connectivity index (χ4v) is 3.03. The molecule has 0 unspecified atom stereocenters. The van der Waals surface area contributed by atoms with E-state index in [0.717, 1.165) is 0 Å². The summed E-state index contributed by atoms with van der Waals surface area (Å²) in [6, 6.07) is 13.4. The Kier molecular flexibility index (Phi) is 5.88. The molecule has 1 aliphatic heterocycles. The molecule has 7 nitrogen and oxygen atoms in total. The molecule has 0 amide bonds. The number of aliphatic hydroxyl groups is 4. The molecule has 0 aromatic heterocycles. The number of carbonyl (C=O) groups excluding carboxylic acids is 1. The number of benzene rings is 2. The van der Waals surface area contributed by atoms with Crippen LogP contribution in [0.25, 0.3) is 0 Å². The summed E-state index contributed by atoms with van der Waals surface area (Å²) in [5.41, 5.74) is 1.11. The van der Waals surface area contributed by atoms with Crippen molar-refractivity contribution in [1.82, 2.24) is 0 Å². The lowest BCUT2D eigenvalue weighted by Gasteiger charge is -2.40. The number of ether oxygens (including phenoxy) is 2. The Morgan fingerprint density at radius 2 is 1.70 bits per heavy atom. The van der Waals surface area contributed by atoms with E-state index in [-0.39, 0.29) is 5.78 Å². The van der Waals surface area contributed by atoms with Crippen molar-refractivity contribution in [2.45, 2.75) is 37.4 Å². The molecule has 1 heterocycles. The normalized spacial score (nSPS) is 28.0. The molecule has 0 aliphatic carbocycles. The highest BCUT2D eigenvalue weighted by Gasteiger charge is 2.43. The van der Waals surface area contributed by atoms with Crippen LogP contribution in [0.15, 0.2) is 48.5 Å². The van der Waals surface area contributed by atoms with E-state index in [2.05, 4.69) is 0 Å². The molecule has 2 aromatic carbocycles. The zero-order valence-corrected chi connectivity index (χ0v) is 14.7. The number of rotatable bonds is 5. The Morgan fingerprint density at radius 3 is 2.33 bits per heavy atom. The van der Waals surface area contributed by atoms with Crippen molar-refractivity contribution in [1.29, 1.82) is 0 Å². The second-order valence-electron chi connectivity index (χ2n) is 6.50. The van der Waals surface area contributed by atoms with Gasteiger partial charge < -0.3 is 29.9 Å². The highest BCUT2D eigenvalue weighted by atomic mass is 16.5. The third-order valence-electron chi connectivity index (χ3n) is 4.58. The zero-order valence-electron chi connectivity index (χ0n) is 14.7. The van der Waals surface area contributed by atoms with Crippen LogP contribution in [0.3, 0.4) is 0 Å². The number of aliphatic hydroxyl groups excluding tert-OH is 4. The van der Waals surface area contributed by atoms with Crippen molar-refractivity contribution < 1.29 is 34.7 Å². The van der Waals surface area contributed by atoms with Crippen molar-refractivity contribution in [3.63, 3.8) is 0 Å². The van der Waals surface area contributed by atoms with Gasteiger partial charge in [-0.2, -0.15) is 0 Å². The van der Waals surface area contributed by atoms with Crippen LogP contribution in [0, 0.1) is 0 Å². The molecule has 1 fully saturated rings. The molecule has 0 bridgehead atoms. The average molecular weight is 374 g/mol. The summed E-state index contributed by atoms with van der Waals surface area (Å²) < 4.78 is 11.3. The maximum atomic E-state index is 11.3. The summed E-state index contributed by atoms with van der Waals surface area (Å²) in [5, 5.41) is 39.4. The molecule has 3 rings (SSSR count). The third-order valence-corrected chi connectivity index (χ3v) is 4.58. The molecule has 0 radical (unpaired) electrons. The second-order valence-corrected chi connectivity index (χ2v) is 6.50. The Hall–Kier alpha value is -2.29. The predicted molar refractivity (Wildman–Crippen MR) is 95.7 cm³/mol. The van der Waals surface area contributed by atoms with Gasteiger partial charge in [-0.05, 0) is 48.9 Å². The first kappa shape index (κ1) is 19.5. The summed E-state index contributed by atoms with van der Waals surface area (Å²) in [5.74, 6) is 0.970. The quantitative estimate of drug-likeness (QED) is 0.581. The first-order valence-corrected chi connectivity index (χ1v) is 8.60. The van der Waals surface area contributed by atoms with Gasteiger partial charge in [-0.3, -0.25) is 4.79 Å². The maximum absolute atomic E-state index is 11.3. The number of hydrogen-bond donors (Lipinski definition) is 4. The minimum absolute atomic E-state index is 0.0360. The Balaban J connectivity index is 1.79. The van der Waals surface area contributed by atoms with Gasteiger partial charge in [0.15, 0.2) is 5.78 Å². The van der Waals surface area contributed by atoms with Crippen molar-refractivity contribution in [2.24, 2.45) is 0 Å². The van der Waals surface area contributed by atoms with Crippen molar-refractivity contribution in [3.05, 3.63) is 59.7 Å². The van der Waals surface area contributed by atoms with Crippen molar-refractivity contribution in [2.75, 3.05) is 6.61 Å². The minimum atomic E-state index is -1.44. The van der Waals surface area contributed by atoms with E-state index in [1.807, 2.05) is 0 Å². The van der Waals surface area contributed by atoms with Crippen molar-refractivity contribution in [3.8, 4) is 11.5 Å². The van der Waals surface area contributed by atoms with E-state index in [9.17, 15) is 25.2 Å². The molecule has 0 saturated carbocycles. The summed E-state index contributed by atoms with van der Waals surface area (Å²) in [4.78, 5) is 11.3. The van der Waals surface area contributed by atoms with Gasteiger partial charge in [0.1, 0.15) is 42.0 Å². The molecule has 4 N–H and O–H groups in total. The van der Waals surface area contributed by atoms with Crippen LogP contribution in [0.4, 0.5) is 0 Å². The molecule has 7 heteroatoms. The third kappa shape index (κ3) is 4.18. The Labute approximate surface area is 156 Å². The lowest BCUT2D eigenvalue weighted by atomic mass is 9.91. The monoisotopic (exact) mass is 374 g/mol. The molecular formula is C20H22O7. The SMILES string of the molecule is CC(=O)c1ccc(Oc2cccc([C@H]3O[C@H](CO)[C@@H](O)[C@H](O)[C@@H]3O)c2)cc1. The number of Topliss-reactive ketones (excluding diaryl/α,β-unsaturated/α-hetero) is 1. The Bertz CT molecular complexity index is 787. The fraction of sp³-hybridized carbons (Fsp3) is 0.350. The highest BCUT2D eigenvalue weighted by Crippen LogP contribution is 2.34. The summed E-state index contributed by atoms with van der Waals surface area (Å²) in [7, 11) is 0. The maximum Gasteiger partial charge on any atom is 0.159 e. The van der Waals surface area contributed by atoms with Gasteiger partial charge in [0, 0.05) is 5.56 Å². The fourth-order valence-electron chi connectivity index (χ4n) is 3.03. The van der Waals surface area contributed by atoms with Crippen molar-refractivity contribution >= 4 is 5.78 Å². The molecule has 144 valence electrons. The van der Waals surface area contributed by atoms with Gasteiger partial charge in [-0.1, -0.05) is 12.1 Å².